The number of nitrogens with zero attached hydrogens (tertiary/aromatic N) is 1. The van der Waals surface area contributed by atoms with E-state index in [9.17, 15) is 4.79 Å². The topological polar surface area (TPSA) is 59.9 Å². The van der Waals surface area contributed by atoms with E-state index in [4.69, 9.17) is 14.5 Å². The second kappa shape index (κ2) is 8.39. The Labute approximate surface area is 178 Å². The number of amides is 1. The Morgan fingerprint density at radius 1 is 1.21 bits per heavy atom. The number of benzene rings is 1. The number of rotatable bonds is 6. The highest BCUT2D eigenvalue weighted by Gasteiger charge is 2.27. The molecule has 0 aliphatic heterocycles. The number of anilines is 1. The molecule has 1 aliphatic rings. The van der Waals surface area contributed by atoms with Crippen LogP contribution in [-0.2, 0) is 12.8 Å². The molecule has 0 saturated carbocycles. The lowest BCUT2D eigenvalue weighted by Crippen LogP contribution is -2.14. The molecule has 7 heteroatoms. The molecule has 0 unspecified atom stereocenters. The van der Waals surface area contributed by atoms with E-state index in [-0.39, 0.29) is 5.91 Å². The second-order valence-corrected chi connectivity index (χ2v) is 8.82. The predicted molar refractivity (Wildman–Crippen MR) is 120 cm³/mol. The molecule has 150 valence electrons. The largest absolute Gasteiger partial charge is 0.497 e. The molecular weight excluding hydrogens is 404 g/mol. The van der Waals surface area contributed by atoms with E-state index < -0.39 is 0 Å². The summed E-state index contributed by atoms with van der Waals surface area (Å²) in [6.07, 6.45) is 4.88. The fourth-order valence-electron chi connectivity index (χ4n) is 3.44. The van der Waals surface area contributed by atoms with Crippen LogP contribution in [-0.4, -0.2) is 26.3 Å². The van der Waals surface area contributed by atoms with Crippen molar-refractivity contribution >= 4 is 45.5 Å². The van der Waals surface area contributed by atoms with Crippen LogP contribution in [0.5, 0.6) is 11.5 Å². The van der Waals surface area contributed by atoms with Gasteiger partial charge >= 0.3 is 0 Å². The number of hydrogen-bond acceptors (Lipinski definition) is 6. The molecule has 5 nitrogen and oxygen atoms in total. The molecule has 3 aromatic rings. The summed E-state index contributed by atoms with van der Waals surface area (Å²) in [6.45, 7) is 2.07. The first-order valence-electron chi connectivity index (χ1n) is 9.36. The van der Waals surface area contributed by atoms with Crippen molar-refractivity contribution in [3.63, 3.8) is 0 Å². The van der Waals surface area contributed by atoms with Crippen molar-refractivity contribution in [2.75, 3.05) is 19.5 Å². The number of nitrogens with one attached hydrogen (secondary N) is 1. The Morgan fingerprint density at radius 2 is 2.07 bits per heavy atom. The minimum absolute atomic E-state index is 0.150. The molecule has 2 heterocycles. The summed E-state index contributed by atoms with van der Waals surface area (Å²) >= 11 is 3.28. The number of thiophene rings is 2. The molecule has 4 rings (SSSR count). The highest BCUT2D eigenvalue weighted by molar-refractivity contribution is 7.16. The number of aliphatic imine (C=N–C) groups is 1. The lowest BCUT2D eigenvalue weighted by Gasteiger charge is -2.12. The lowest BCUT2D eigenvalue weighted by molar-refractivity contribution is 0.102. The van der Waals surface area contributed by atoms with E-state index in [2.05, 4.69) is 23.7 Å². The van der Waals surface area contributed by atoms with Gasteiger partial charge in [0.25, 0.3) is 5.91 Å². The molecule has 0 atom stereocenters. The third-order valence-electron chi connectivity index (χ3n) is 4.99. The van der Waals surface area contributed by atoms with Crippen LogP contribution in [0.2, 0.25) is 0 Å². The molecular formula is C22H22N2O3S2. The van der Waals surface area contributed by atoms with Crippen molar-refractivity contribution < 1.29 is 14.3 Å². The van der Waals surface area contributed by atoms with Gasteiger partial charge in [-0.1, -0.05) is 0 Å². The van der Waals surface area contributed by atoms with Gasteiger partial charge in [-0.25, -0.2) is 4.99 Å². The molecule has 29 heavy (non-hydrogen) atoms. The van der Waals surface area contributed by atoms with Crippen LogP contribution in [0, 0.1) is 6.92 Å². The smallest absolute Gasteiger partial charge is 0.259 e. The van der Waals surface area contributed by atoms with Gasteiger partial charge in [0, 0.05) is 22.0 Å². The van der Waals surface area contributed by atoms with E-state index in [1.54, 1.807) is 55.1 Å². The van der Waals surface area contributed by atoms with E-state index in [1.807, 2.05) is 6.21 Å². The summed E-state index contributed by atoms with van der Waals surface area (Å²) in [7, 11) is 3.17. The molecule has 1 N–H and O–H groups in total. The zero-order valence-electron chi connectivity index (χ0n) is 16.6. The van der Waals surface area contributed by atoms with Crippen LogP contribution in [0.1, 0.15) is 37.7 Å². The normalized spacial score (nSPS) is 12.9. The van der Waals surface area contributed by atoms with E-state index in [0.717, 1.165) is 34.7 Å². The summed E-state index contributed by atoms with van der Waals surface area (Å²) in [5, 5.41) is 5.83. The van der Waals surface area contributed by atoms with Crippen molar-refractivity contribution in [1.29, 1.82) is 0 Å². The fourth-order valence-corrected chi connectivity index (χ4v) is 5.45. The molecule has 0 radical (unpaired) electrons. The van der Waals surface area contributed by atoms with Crippen LogP contribution in [0.3, 0.4) is 0 Å². The maximum Gasteiger partial charge on any atom is 0.259 e. The third kappa shape index (κ3) is 3.93. The van der Waals surface area contributed by atoms with Crippen LogP contribution < -0.4 is 14.8 Å². The molecule has 0 saturated heterocycles. The number of methoxy groups -OCH3 is 2. The van der Waals surface area contributed by atoms with Gasteiger partial charge in [0.1, 0.15) is 16.5 Å². The molecule has 0 bridgehead atoms. The van der Waals surface area contributed by atoms with E-state index in [1.165, 1.54) is 10.4 Å². The predicted octanol–water partition coefficient (Wildman–Crippen LogP) is 5.63. The Hall–Kier alpha value is -2.64. The van der Waals surface area contributed by atoms with Gasteiger partial charge in [0.15, 0.2) is 0 Å². The minimum atomic E-state index is -0.150. The summed E-state index contributed by atoms with van der Waals surface area (Å²) < 4.78 is 10.7. The van der Waals surface area contributed by atoms with Crippen LogP contribution in [0.15, 0.2) is 34.6 Å². The quantitative estimate of drug-likeness (QED) is 0.520. The van der Waals surface area contributed by atoms with Gasteiger partial charge in [-0.05, 0) is 60.9 Å². The highest BCUT2D eigenvalue weighted by atomic mass is 32.1. The highest BCUT2D eigenvalue weighted by Crippen LogP contribution is 2.41. The first kappa shape index (κ1) is 19.7. The van der Waals surface area contributed by atoms with Gasteiger partial charge < -0.3 is 14.8 Å². The van der Waals surface area contributed by atoms with Crippen molar-refractivity contribution in [1.82, 2.24) is 0 Å². The molecule has 0 fully saturated rings. The Morgan fingerprint density at radius 3 is 2.79 bits per heavy atom. The lowest BCUT2D eigenvalue weighted by atomic mass is 10.1. The van der Waals surface area contributed by atoms with Crippen LogP contribution in [0.25, 0.3) is 0 Å². The summed E-state index contributed by atoms with van der Waals surface area (Å²) in [6, 6.07) is 7.42. The second-order valence-electron chi connectivity index (χ2n) is 6.78. The monoisotopic (exact) mass is 426 g/mol. The first-order chi connectivity index (χ1) is 14.1. The van der Waals surface area contributed by atoms with E-state index in [0.29, 0.717) is 22.7 Å². The average Bonchev–Trinajstić information content (AvgIpc) is 3.42. The number of fused-ring (bicyclic) bond motifs is 1. The SMILES string of the molecule is COc1ccc(NC(=O)c2c(N=Cc3sccc3C)sc3c2CCC3)c(OC)c1. The van der Waals surface area contributed by atoms with Crippen molar-refractivity contribution in [2.24, 2.45) is 4.99 Å². The molecule has 0 spiro atoms. The first-order valence-corrected chi connectivity index (χ1v) is 11.1. The number of ether oxygens (including phenoxy) is 2. The zero-order valence-corrected chi connectivity index (χ0v) is 18.2. The van der Waals surface area contributed by atoms with Gasteiger partial charge in [0.2, 0.25) is 0 Å². The number of hydrogen-bond donors (Lipinski definition) is 1. The summed E-state index contributed by atoms with van der Waals surface area (Å²) in [5.74, 6) is 1.08. The maximum atomic E-state index is 13.2. The summed E-state index contributed by atoms with van der Waals surface area (Å²) in [4.78, 5) is 20.3. The molecule has 2 aromatic heterocycles. The van der Waals surface area contributed by atoms with Crippen molar-refractivity contribution in [3.05, 3.63) is 56.1 Å². The number of carbonyl (C=O) groups excluding carboxylic acids is 1. The third-order valence-corrected chi connectivity index (χ3v) is 7.14. The Balaban J connectivity index is 1.66. The minimum Gasteiger partial charge on any atom is -0.497 e. The molecule has 1 amide bonds. The van der Waals surface area contributed by atoms with Gasteiger partial charge in [-0.2, -0.15) is 0 Å². The summed E-state index contributed by atoms with van der Waals surface area (Å²) in [5.41, 5.74) is 3.62. The van der Waals surface area contributed by atoms with Crippen molar-refractivity contribution in [2.45, 2.75) is 26.2 Å². The van der Waals surface area contributed by atoms with E-state index >= 15 is 0 Å². The molecule has 1 aromatic carbocycles. The number of carbonyl (C=O) groups is 1. The zero-order chi connectivity index (χ0) is 20.4. The van der Waals surface area contributed by atoms with Crippen LogP contribution in [0.4, 0.5) is 10.7 Å². The Bertz CT molecular complexity index is 1080. The Kier molecular flexibility index (Phi) is 5.69. The van der Waals surface area contributed by atoms with Gasteiger partial charge in [0.05, 0.1) is 25.5 Å². The standard InChI is InChI=1S/C22H22N2O3S2/c1-13-9-10-28-19(13)12-23-22-20(15-5-4-6-18(15)29-22)21(25)24-16-8-7-14(26-2)11-17(16)27-3/h7-12H,4-6H2,1-3H3,(H,24,25). The molecule has 1 aliphatic carbocycles. The van der Waals surface area contributed by atoms with Crippen molar-refractivity contribution in [3.8, 4) is 11.5 Å². The average molecular weight is 427 g/mol. The van der Waals surface area contributed by atoms with Gasteiger partial charge in [-0.15, -0.1) is 22.7 Å². The maximum absolute atomic E-state index is 13.2. The number of aryl methyl sites for hydroxylation is 2. The van der Waals surface area contributed by atoms with Crippen LogP contribution >= 0.6 is 22.7 Å². The fraction of sp³-hybridized carbons (Fsp3) is 0.273. The van der Waals surface area contributed by atoms with Gasteiger partial charge in [-0.3, -0.25) is 4.79 Å².